The molecule has 100 valence electrons. The molecule has 1 saturated heterocycles. The summed E-state index contributed by atoms with van der Waals surface area (Å²) >= 11 is 0. The van der Waals surface area contributed by atoms with Crippen LogP contribution in [0.25, 0.3) is 0 Å². The molecule has 0 amide bonds. The van der Waals surface area contributed by atoms with Crippen molar-refractivity contribution in [2.24, 2.45) is 11.5 Å². The van der Waals surface area contributed by atoms with Crippen LogP contribution >= 0.6 is 0 Å². The molecule has 2 aliphatic rings. The van der Waals surface area contributed by atoms with E-state index in [1.165, 1.54) is 25.8 Å². The zero-order valence-corrected chi connectivity index (χ0v) is 10.8. The van der Waals surface area contributed by atoms with Gasteiger partial charge in [0.2, 0.25) is 0 Å². The Balaban J connectivity index is 1.65. The number of nitrogens with zero attached hydrogens (tertiary/aromatic N) is 1. The highest BCUT2D eigenvalue weighted by Crippen LogP contribution is 2.46. The SMILES string of the molecule is NCCNCCNC1CCC12CCN2CCN. The average Bonchev–Trinajstić information content (AvgIpc) is 2.28. The van der Waals surface area contributed by atoms with Crippen LogP contribution in [-0.4, -0.2) is 62.3 Å². The number of nitrogens with one attached hydrogen (secondary N) is 2. The maximum absolute atomic E-state index is 5.66. The van der Waals surface area contributed by atoms with Gasteiger partial charge in [0.1, 0.15) is 0 Å². The summed E-state index contributed by atoms with van der Waals surface area (Å²) in [6, 6.07) is 0.683. The van der Waals surface area contributed by atoms with E-state index in [4.69, 9.17) is 11.5 Å². The van der Waals surface area contributed by atoms with E-state index >= 15 is 0 Å². The number of hydrogen-bond acceptors (Lipinski definition) is 5. The van der Waals surface area contributed by atoms with Crippen LogP contribution in [-0.2, 0) is 0 Å². The lowest BCUT2D eigenvalue weighted by Gasteiger charge is -2.63. The molecule has 0 aromatic heterocycles. The average molecular weight is 241 g/mol. The lowest BCUT2D eigenvalue weighted by atomic mass is 9.63. The Morgan fingerprint density at radius 2 is 2.00 bits per heavy atom. The first-order valence-electron chi connectivity index (χ1n) is 6.93. The molecule has 2 fully saturated rings. The maximum Gasteiger partial charge on any atom is 0.0375 e. The van der Waals surface area contributed by atoms with Crippen LogP contribution in [0.15, 0.2) is 0 Å². The van der Waals surface area contributed by atoms with E-state index in [-0.39, 0.29) is 0 Å². The van der Waals surface area contributed by atoms with Crippen molar-refractivity contribution in [2.45, 2.75) is 30.8 Å². The standard InChI is InChI=1S/C12H27N5/c13-4-6-15-7-8-16-11-1-2-12(11)3-9-17(12)10-5-14/h11,15-16H,1-10,13-14H2. The van der Waals surface area contributed by atoms with Crippen LogP contribution in [0.3, 0.4) is 0 Å². The summed E-state index contributed by atoms with van der Waals surface area (Å²) in [6.07, 6.45) is 4.01. The number of rotatable bonds is 8. The summed E-state index contributed by atoms with van der Waals surface area (Å²) in [5.41, 5.74) is 11.6. The van der Waals surface area contributed by atoms with Crippen LogP contribution in [0.2, 0.25) is 0 Å². The minimum Gasteiger partial charge on any atom is -0.329 e. The molecule has 0 aromatic rings. The van der Waals surface area contributed by atoms with Gasteiger partial charge >= 0.3 is 0 Å². The molecule has 2 unspecified atom stereocenters. The fraction of sp³-hybridized carbons (Fsp3) is 1.00. The highest BCUT2D eigenvalue weighted by atomic mass is 15.3. The molecule has 0 aromatic carbocycles. The van der Waals surface area contributed by atoms with Crippen LogP contribution < -0.4 is 22.1 Å². The second-order valence-electron chi connectivity index (χ2n) is 5.21. The van der Waals surface area contributed by atoms with Crippen molar-refractivity contribution >= 4 is 0 Å². The first-order valence-corrected chi connectivity index (χ1v) is 6.93. The predicted molar refractivity (Wildman–Crippen MR) is 70.9 cm³/mol. The Bertz CT molecular complexity index is 231. The molecule has 1 saturated carbocycles. The Morgan fingerprint density at radius 3 is 2.53 bits per heavy atom. The smallest absolute Gasteiger partial charge is 0.0375 e. The van der Waals surface area contributed by atoms with E-state index in [2.05, 4.69) is 15.5 Å². The molecule has 0 radical (unpaired) electrons. The third kappa shape index (κ3) is 2.63. The fourth-order valence-corrected chi connectivity index (χ4v) is 3.20. The molecule has 6 N–H and O–H groups in total. The maximum atomic E-state index is 5.66. The summed E-state index contributed by atoms with van der Waals surface area (Å²) in [5, 5.41) is 6.99. The third-order valence-electron chi connectivity index (χ3n) is 4.37. The van der Waals surface area contributed by atoms with E-state index in [0.29, 0.717) is 11.6 Å². The van der Waals surface area contributed by atoms with Crippen LogP contribution in [0.1, 0.15) is 19.3 Å². The molecule has 1 aliphatic carbocycles. The van der Waals surface area contributed by atoms with Gasteiger partial charge in [-0.25, -0.2) is 0 Å². The van der Waals surface area contributed by atoms with Crippen molar-refractivity contribution in [3.05, 3.63) is 0 Å². The van der Waals surface area contributed by atoms with Crippen LogP contribution in [0.4, 0.5) is 0 Å². The van der Waals surface area contributed by atoms with Gasteiger partial charge in [-0.05, 0) is 19.3 Å². The summed E-state index contributed by atoms with van der Waals surface area (Å²) in [7, 11) is 0. The molecule has 2 atom stereocenters. The monoisotopic (exact) mass is 241 g/mol. The first kappa shape index (κ1) is 13.2. The molecule has 1 aliphatic heterocycles. The molecule has 5 heteroatoms. The Labute approximate surface area is 104 Å². The highest BCUT2D eigenvalue weighted by Gasteiger charge is 2.55. The van der Waals surface area contributed by atoms with Gasteiger partial charge < -0.3 is 22.1 Å². The minimum atomic E-state index is 0.466. The van der Waals surface area contributed by atoms with Crippen LogP contribution in [0, 0.1) is 0 Å². The molecule has 1 spiro atoms. The van der Waals surface area contributed by atoms with Gasteiger partial charge in [0.25, 0.3) is 0 Å². The van der Waals surface area contributed by atoms with E-state index in [1.807, 2.05) is 0 Å². The Hall–Kier alpha value is -0.200. The molecular formula is C12H27N5. The molecule has 17 heavy (non-hydrogen) atoms. The predicted octanol–water partition coefficient (Wildman–Crippen LogP) is -1.31. The van der Waals surface area contributed by atoms with Gasteiger partial charge in [-0.2, -0.15) is 0 Å². The summed E-state index contributed by atoms with van der Waals surface area (Å²) in [6.45, 7) is 6.77. The lowest BCUT2D eigenvalue weighted by molar-refractivity contribution is -0.0980. The highest BCUT2D eigenvalue weighted by molar-refractivity contribution is 5.14. The van der Waals surface area contributed by atoms with Crippen molar-refractivity contribution in [2.75, 3.05) is 45.8 Å². The molecule has 1 heterocycles. The van der Waals surface area contributed by atoms with E-state index < -0.39 is 0 Å². The largest absolute Gasteiger partial charge is 0.329 e. The van der Waals surface area contributed by atoms with Gasteiger partial charge in [-0.1, -0.05) is 0 Å². The summed E-state index contributed by atoms with van der Waals surface area (Å²) in [5.74, 6) is 0. The summed E-state index contributed by atoms with van der Waals surface area (Å²) < 4.78 is 0. The Kier molecular flexibility index (Phi) is 4.76. The second-order valence-corrected chi connectivity index (χ2v) is 5.21. The van der Waals surface area contributed by atoms with Crippen molar-refractivity contribution in [1.82, 2.24) is 15.5 Å². The fourth-order valence-electron chi connectivity index (χ4n) is 3.20. The number of nitrogens with two attached hydrogens (primary N) is 2. The second kappa shape index (κ2) is 6.11. The van der Waals surface area contributed by atoms with Crippen LogP contribution in [0.5, 0.6) is 0 Å². The van der Waals surface area contributed by atoms with Crippen molar-refractivity contribution < 1.29 is 0 Å². The minimum absolute atomic E-state index is 0.466. The normalized spacial score (nSPS) is 32.5. The number of hydrogen-bond donors (Lipinski definition) is 4. The molecular weight excluding hydrogens is 214 g/mol. The van der Waals surface area contributed by atoms with E-state index in [0.717, 1.165) is 39.3 Å². The third-order valence-corrected chi connectivity index (χ3v) is 4.37. The zero-order chi connectivity index (χ0) is 12.1. The topological polar surface area (TPSA) is 79.3 Å². The number of likely N-dealkylation sites (tertiary alicyclic amines) is 1. The first-order chi connectivity index (χ1) is 8.33. The van der Waals surface area contributed by atoms with E-state index in [9.17, 15) is 0 Å². The molecule has 5 nitrogen and oxygen atoms in total. The summed E-state index contributed by atoms with van der Waals surface area (Å²) in [4.78, 5) is 2.57. The van der Waals surface area contributed by atoms with Gasteiger partial charge in [0, 0.05) is 57.4 Å². The zero-order valence-electron chi connectivity index (χ0n) is 10.8. The quantitative estimate of drug-likeness (QED) is 0.397. The molecule has 2 rings (SSSR count). The van der Waals surface area contributed by atoms with Gasteiger partial charge in [-0.15, -0.1) is 0 Å². The van der Waals surface area contributed by atoms with Crippen molar-refractivity contribution in [3.63, 3.8) is 0 Å². The van der Waals surface area contributed by atoms with Gasteiger partial charge in [-0.3, -0.25) is 4.90 Å². The molecule has 0 bridgehead atoms. The van der Waals surface area contributed by atoms with Crippen molar-refractivity contribution in [3.8, 4) is 0 Å². The van der Waals surface area contributed by atoms with Crippen molar-refractivity contribution in [1.29, 1.82) is 0 Å². The Morgan fingerprint density at radius 1 is 1.12 bits per heavy atom. The van der Waals surface area contributed by atoms with E-state index in [1.54, 1.807) is 0 Å². The lowest BCUT2D eigenvalue weighted by Crippen LogP contribution is -2.75. The van der Waals surface area contributed by atoms with Gasteiger partial charge in [0.15, 0.2) is 0 Å². The van der Waals surface area contributed by atoms with Gasteiger partial charge in [0.05, 0.1) is 0 Å².